The standard InChI is InChI=1S/C10H20N4O2/c1-7-4-6-14(7)8(9(15)16)3-2-5-13-10(11)12/h7-8H,2-6H2,1H3,(H,15,16)(H4,11,12,13)/t7?,8-/m0/s1. The lowest BCUT2D eigenvalue weighted by atomic mass is 9.99. The van der Waals surface area contributed by atoms with Crippen LogP contribution >= 0.6 is 0 Å². The van der Waals surface area contributed by atoms with Gasteiger partial charge >= 0.3 is 5.97 Å². The Morgan fingerprint density at radius 2 is 2.31 bits per heavy atom. The number of likely N-dealkylation sites (tertiary alicyclic amines) is 1. The Morgan fingerprint density at radius 1 is 1.62 bits per heavy atom. The molecular weight excluding hydrogens is 208 g/mol. The summed E-state index contributed by atoms with van der Waals surface area (Å²) >= 11 is 0. The highest BCUT2D eigenvalue weighted by molar-refractivity contribution is 5.75. The van der Waals surface area contributed by atoms with Gasteiger partial charge in [0.1, 0.15) is 6.04 Å². The molecule has 1 unspecified atom stereocenters. The van der Waals surface area contributed by atoms with Crippen molar-refractivity contribution >= 4 is 11.9 Å². The van der Waals surface area contributed by atoms with Crippen LogP contribution in [-0.4, -0.2) is 47.1 Å². The van der Waals surface area contributed by atoms with Crippen molar-refractivity contribution in [1.29, 1.82) is 0 Å². The first-order valence-electron chi connectivity index (χ1n) is 5.56. The molecule has 92 valence electrons. The molecule has 1 aliphatic rings. The number of aliphatic imine (C=N–C) groups is 1. The van der Waals surface area contributed by atoms with Gasteiger partial charge in [-0.15, -0.1) is 0 Å². The average Bonchev–Trinajstić information content (AvgIpc) is 2.19. The van der Waals surface area contributed by atoms with Gasteiger partial charge in [0.25, 0.3) is 0 Å². The van der Waals surface area contributed by atoms with Crippen LogP contribution in [0.3, 0.4) is 0 Å². The van der Waals surface area contributed by atoms with Gasteiger partial charge in [0.05, 0.1) is 0 Å². The molecule has 0 bridgehead atoms. The van der Waals surface area contributed by atoms with E-state index in [1.807, 2.05) is 4.90 Å². The topological polar surface area (TPSA) is 105 Å². The van der Waals surface area contributed by atoms with Gasteiger partial charge in [-0.25, -0.2) is 0 Å². The lowest BCUT2D eigenvalue weighted by Crippen LogP contribution is -2.54. The molecule has 0 radical (unpaired) electrons. The number of hydrogen-bond acceptors (Lipinski definition) is 3. The molecule has 0 aromatic heterocycles. The number of guanidine groups is 1. The second-order valence-corrected chi connectivity index (χ2v) is 4.18. The van der Waals surface area contributed by atoms with Gasteiger partial charge in [-0.3, -0.25) is 14.7 Å². The molecule has 16 heavy (non-hydrogen) atoms. The summed E-state index contributed by atoms with van der Waals surface area (Å²) in [4.78, 5) is 16.9. The predicted octanol–water partition coefficient (Wildman–Crippen LogP) is -0.413. The van der Waals surface area contributed by atoms with Gasteiger partial charge in [-0.2, -0.15) is 0 Å². The molecule has 0 aromatic rings. The zero-order valence-corrected chi connectivity index (χ0v) is 9.59. The summed E-state index contributed by atoms with van der Waals surface area (Å²) < 4.78 is 0. The van der Waals surface area contributed by atoms with Crippen molar-refractivity contribution in [1.82, 2.24) is 4.90 Å². The fraction of sp³-hybridized carbons (Fsp3) is 0.800. The molecule has 0 spiro atoms. The molecule has 1 saturated heterocycles. The van der Waals surface area contributed by atoms with E-state index in [4.69, 9.17) is 16.6 Å². The van der Waals surface area contributed by atoms with Gasteiger partial charge in [0.15, 0.2) is 5.96 Å². The van der Waals surface area contributed by atoms with E-state index in [0.717, 1.165) is 13.0 Å². The SMILES string of the molecule is CC1CCN1[C@@H](CCCN=C(N)N)C(=O)O. The lowest BCUT2D eigenvalue weighted by molar-refractivity contribution is -0.147. The fourth-order valence-electron chi connectivity index (χ4n) is 1.92. The second-order valence-electron chi connectivity index (χ2n) is 4.18. The van der Waals surface area contributed by atoms with E-state index < -0.39 is 12.0 Å². The van der Waals surface area contributed by atoms with Crippen molar-refractivity contribution in [2.75, 3.05) is 13.1 Å². The highest BCUT2D eigenvalue weighted by Crippen LogP contribution is 2.22. The number of hydrogen-bond donors (Lipinski definition) is 3. The number of carboxylic acid groups (broad SMARTS) is 1. The fourth-order valence-corrected chi connectivity index (χ4v) is 1.92. The van der Waals surface area contributed by atoms with E-state index in [1.165, 1.54) is 0 Å². The number of carboxylic acids is 1. The molecule has 1 aliphatic heterocycles. The molecule has 0 aromatic carbocycles. The Bertz CT molecular complexity index is 276. The molecule has 1 fully saturated rings. The molecule has 0 saturated carbocycles. The van der Waals surface area contributed by atoms with E-state index in [1.54, 1.807) is 0 Å². The Hall–Kier alpha value is -1.30. The van der Waals surface area contributed by atoms with E-state index in [-0.39, 0.29) is 5.96 Å². The summed E-state index contributed by atoms with van der Waals surface area (Å²) in [6, 6.07) is -0.0119. The third-order valence-electron chi connectivity index (χ3n) is 2.99. The summed E-state index contributed by atoms with van der Waals surface area (Å²) in [6.45, 7) is 3.42. The first-order valence-corrected chi connectivity index (χ1v) is 5.56. The van der Waals surface area contributed by atoms with Gasteiger partial charge in [0, 0.05) is 19.1 Å². The molecule has 1 rings (SSSR count). The van der Waals surface area contributed by atoms with Crippen LogP contribution in [0.1, 0.15) is 26.2 Å². The van der Waals surface area contributed by atoms with Crippen molar-refractivity contribution in [3.05, 3.63) is 0 Å². The van der Waals surface area contributed by atoms with Gasteiger partial charge < -0.3 is 16.6 Å². The first-order chi connectivity index (χ1) is 7.52. The molecule has 6 heteroatoms. The van der Waals surface area contributed by atoms with Gasteiger partial charge in [-0.1, -0.05) is 0 Å². The molecule has 0 aliphatic carbocycles. The van der Waals surface area contributed by atoms with E-state index >= 15 is 0 Å². The summed E-state index contributed by atoms with van der Waals surface area (Å²) in [5.41, 5.74) is 10.4. The van der Waals surface area contributed by atoms with Crippen molar-refractivity contribution in [3.8, 4) is 0 Å². The summed E-state index contributed by atoms with van der Waals surface area (Å²) in [5, 5.41) is 9.11. The maximum atomic E-state index is 11.1. The van der Waals surface area contributed by atoms with Crippen molar-refractivity contribution in [2.24, 2.45) is 16.5 Å². The second kappa shape index (κ2) is 5.69. The number of rotatable bonds is 6. The minimum Gasteiger partial charge on any atom is -0.480 e. The summed E-state index contributed by atoms with van der Waals surface area (Å²) in [7, 11) is 0. The van der Waals surface area contributed by atoms with E-state index in [2.05, 4.69) is 11.9 Å². The minimum atomic E-state index is -0.753. The third kappa shape index (κ3) is 3.37. The average molecular weight is 228 g/mol. The highest BCUT2D eigenvalue weighted by Gasteiger charge is 2.34. The Kier molecular flexibility index (Phi) is 4.54. The number of nitrogens with zero attached hydrogens (tertiary/aromatic N) is 2. The van der Waals surface area contributed by atoms with Crippen LogP contribution in [0.15, 0.2) is 4.99 Å². The Labute approximate surface area is 95.3 Å². The number of nitrogens with two attached hydrogens (primary N) is 2. The monoisotopic (exact) mass is 228 g/mol. The minimum absolute atomic E-state index is 0.0594. The lowest BCUT2D eigenvalue weighted by Gasteiger charge is -2.42. The molecular formula is C10H20N4O2. The molecule has 5 N–H and O–H groups in total. The predicted molar refractivity (Wildman–Crippen MR) is 62.1 cm³/mol. The summed E-state index contributed by atoms with van der Waals surface area (Å²) in [6.07, 6.45) is 2.37. The quantitative estimate of drug-likeness (QED) is 0.325. The molecule has 6 nitrogen and oxygen atoms in total. The van der Waals surface area contributed by atoms with Gasteiger partial charge in [-0.05, 0) is 26.2 Å². The zero-order chi connectivity index (χ0) is 12.1. The van der Waals surface area contributed by atoms with Crippen LogP contribution in [-0.2, 0) is 4.79 Å². The van der Waals surface area contributed by atoms with Crippen molar-refractivity contribution in [2.45, 2.75) is 38.3 Å². The zero-order valence-electron chi connectivity index (χ0n) is 9.59. The molecule has 0 amide bonds. The first kappa shape index (κ1) is 12.8. The third-order valence-corrected chi connectivity index (χ3v) is 2.99. The number of aliphatic carboxylic acids is 1. The van der Waals surface area contributed by atoms with Gasteiger partial charge in [0.2, 0.25) is 0 Å². The maximum Gasteiger partial charge on any atom is 0.320 e. The molecule has 1 heterocycles. The maximum absolute atomic E-state index is 11.1. The molecule has 2 atom stereocenters. The van der Waals surface area contributed by atoms with Crippen LogP contribution in [0.4, 0.5) is 0 Å². The number of carbonyl (C=O) groups is 1. The van der Waals surface area contributed by atoms with Crippen molar-refractivity contribution in [3.63, 3.8) is 0 Å². The van der Waals surface area contributed by atoms with Crippen LogP contribution in [0.2, 0.25) is 0 Å². The highest BCUT2D eigenvalue weighted by atomic mass is 16.4. The largest absolute Gasteiger partial charge is 0.480 e. The van der Waals surface area contributed by atoms with Crippen LogP contribution in [0, 0.1) is 0 Å². The van der Waals surface area contributed by atoms with Crippen molar-refractivity contribution < 1.29 is 9.90 Å². The smallest absolute Gasteiger partial charge is 0.320 e. The normalized spacial score (nSPS) is 22.2. The van der Waals surface area contributed by atoms with E-state index in [0.29, 0.717) is 25.4 Å². The van der Waals surface area contributed by atoms with Crippen LogP contribution in [0.5, 0.6) is 0 Å². The Morgan fingerprint density at radius 3 is 2.69 bits per heavy atom. The van der Waals surface area contributed by atoms with E-state index in [9.17, 15) is 4.79 Å². The van der Waals surface area contributed by atoms with Crippen LogP contribution < -0.4 is 11.5 Å². The Balaban J connectivity index is 2.34. The van der Waals surface area contributed by atoms with Crippen LogP contribution in [0.25, 0.3) is 0 Å². The summed E-state index contributed by atoms with van der Waals surface area (Å²) in [5.74, 6) is -0.694.